The predicted molar refractivity (Wildman–Crippen MR) is 62.9 cm³/mol. The zero-order valence-corrected chi connectivity index (χ0v) is 9.78. The van der Waals surface area contributed by atoms with E-state index in [0.29, 0.717) is 10.6 Å². The van der Waals surface area contributed by atoms with Crippen molar-refractivity contribution in [3.63, 3.8) is 0 Å². The minimum absolute atomic E-state index is 0.189. The van der Waals surface area contributed by atoms with Crippen molar-refractivity contribution in [2.45, 2.75) is 26.2 Å². The van der Waals surface area contributed by atoms with Crippen LogP contribution < -0.4 is 5.32 Å². The van der Waals surface area contributed by atoms with Gasteiger partial charge in [-0.15, -0.1) is 0 Å². The first-order valence-corrected chi connectivity index (χ1v) is 5.77. The Bertz CT molecular complexity index is 281. The number of nitrogens with one attached hydrogen (secondary N) is 1. The van der Waals surface area contributed by atoms with E-state index < -0.39 is 0 Å². The van der Waals surface area contributed by atoms with E-state index >= 15 is 0 Å². The summed E-state index contributed by atoms with van der Waals surface area (Å²) in [5.41, 5.74) is 0.649. The summed E-state index contributed by atoms with van der Waals surface area (Å²) in [7, 11) is 0. The zero-order chi connectivity index (χ0) is 11.1. The van der Waals surface area contributed by atoms with Crippen LogP contribution in [0, 0.1) is 5.82 Å². The molecule has 0 unspecified atom stereocenters. The van der Waals surface area contributed by atoms with Gasteiger partial charge in [0.15, 0.2) is 0 Å². The van der Waals surface area contributed by atoms with Crippen LogP contribution in [0.4, 0.5) is 4.39 Å². The maximum Gasteiger partial charge on any atom is 0.127 e. The van der Waals surface area contributed by atoms with Crippen LogP contribution in [0.15, 0.2) is 18.2 Å². The van der Waals surface area contributed by atoms with E-state index in [0.717, 1.165) is 32.4 Å². The van der Waals surface area contributed by atoms with Crippen molar-refractivity contribution < 1.29 is 4.39 Å². The average Bonchev–Trinajstić information content (AvgIpc) is 2.21. The summed E-state index contributed by atoms with van der Waals surface area (Å²) in [6.45, 7) is 4.05. The highest BCUT2D eigenvalue weighted by molar-refractivity contribution is 6.31. The molecule has 1 aromatic carbocycles. The fourth-order valence-electron chi connectivity index (χ4n) is 1.50. The molecular weight excluding hydrogens is 213 g/mol. The first-order valence-electron chi connectivity index (χ1n) is 5.39. The van der Waals surface area contributed by atoms with Crippen molar-refractivity contribution >= 4 is 11.6 Å². The Morgan fingerprint density at radius 2 is 2.13 bits per heavy atom. The monoisotopic (exact) mass is 229 g/mol. The topological polar surface area (TPSA) is 12.0 Å². The molecule has 0 saturated heterocycles. The molecule has 84 valence electrons. The summed E-state index contributed by atoms with van der Waals surface area (Å²) < 4.78 is 13.3. The quantitative estimate of drug-likeness (QED) is 0.738. The third-order valence-electron chi connectivity index (χ3n) is 2.34. The third kappa shape index (κ3) is 4.18. The second kappa shape index (κ2) is 6.81. The van der Waals surface area contributed by atoms with Crippen molar-refractivity contribution in [3.8, 4) is 0 Å². The first kappa shape index (κ1) is 12.5. The summed E-state index contributed by atoms with van der Waals surface area (Å²) >= 11 is 5.91. The number of rotatable bonds is 6. The van der Waals surface area contributed by atoms with Gasteiger partial charge in [-0.25, -0.2) is 4.39 Å². The van der Waals surface area contributed by atoms with E-state index in [1.807, 2.05) is 0 Å². The molecule has 0 fully saturated rings. The lowest BCUT2D eigenvalue weighted by atomic mass is 10.1. The largest absolute Gasteiger partial charge is 0.317 e. The van der Waals surface area contributed by atoms with Crippen molar-refractivity contribution in [1.29, 1.82) is 0 Å². The molecule has 0 amide bonds. The molecule has 0 atom stereocenters. The highest BCUT2D eigenvalue weighted by Gasteiger charge is 2.05. The molecule has 0 bridgehead atoms. The number of halogens is 2. The number of unbranched alkanes of at least 4 members (excludes halogenated alkanes) is 1. The van der Waals surface area contributed by atoms with Crippen LogP contribution in [0.2, 0.25) is 5.02 Å². The summed E-state index contributed by atoms with van der Waals surface area (Å²) in [6, 6.07) is 4.84. The van der Waals surface area contributed by atoms with Crippen LogP contribution in [-0.2, 0) is 6.42 Å². The molecule has 15 heavy (non-hydrogen) atoms. The van der Waals surface area contributed by atoms with Gasteiger partial charge in [0, 0.05) is 10.6 Å². The van der Waals surface area contributed by atoms with E-state index in [4.69, 9.17) is 11.6 Å². The van der Waals surface area contributed by atoms with Crippen LogP contribution in [0.5, 0.6) is 0 Å². The van der Waals surface area contributed by atoms with Crippen molar-refractivity contribution in [1.82, 2.24) is 5.32 Å². The number of hydrogen-bond donors (Lipinski definition) is 1. The normalized spacial score (nSPS) is 10.6. The molecule has 0 radical (unpaired) electrons. The molecular formula is C12H17ClFN. The molecule has 0 saturated carbocycles. The van der Waals surface area contributed by atoms with Crippen molar-refractivity contribution in [2.24, 2.45) is 0 Å². The van der Waals surface area contributed by atoms with E-state index in [1.54, 1.807) is 12.1 Å². The van der Waals surface area contributed by atoms with E-state index in [1.165, 1.54) is 6.07 Å². The van der Waals surface area contributed by atoms with Gasteiger partial charge in [-0.3, -0.25) is 0 Å². The van der Waals surface area contributed by atoms with Gasteiger partial charge in [-0.05, 0) is 44.5 Å². The van der Waals surface area contributed by atoms with Crippen molar-refractivity contribution in [2.75, 3.05) is 13.1 Å². The Hall–Kier alpha value is -0.600. The lowest BCUT2D eigenvalue weighted by Crippen LogP contribution is -2.14. The van der Waals surface area contributed by atoms with Gasteiger partial charge in [0.2, 0.25) is 0 Å². The highest BCUT2D eigenvalue weighted by Crippen LogP contribution is 2.20. The minimum Gasteiger partial charge on any atom is -0.317 e. The molecule has 1 nitrogen and oxygen atoms in total. The van der Waals surface area contributed by atoms with E-state index in [9.17, 15) is 4.39 Å². The lowest BCUT2D eigenvalue weighted by molar-refractivity contribution is 0.591. The van der Waals surface area contributed by atoms with Gasteiger partial charge >= 0.3 is 0 Å². The summed E-state index contributed by atoms with van der Waals surface area (Å²) in [5.74, 6) is -0.189. The molecule has 3 heteroatoms. The number of hydrogen-bond acceptors (Lipinski definition) is 1. The van der Waals surface area contributed by atoms with Crippen LogP contribution in [0.1, 0.15) is 25.3 Å². The van der Waals surface area contributed by atoms with Gasteiger partial charge in [0.1, 0.15) is 5.82 Å². The van der Waals surface area contributed by atoms with Crippen LogP contribution in [0.3, 0.4) is 0 Å². The molecule has 1 rings (SSSR count). The van der Waals surface area contributed by atoms with E-state index in [-0.39, 0.29) is 5.82 Å². The minimum atomic E-state index is -0.189. The Kier molecular flexibility index (Phi) is 5.66. The van der Waals surface area contributed by atoms with Gasteiger partial charge in [0.25, 0.3) is 0 Å². The molecule has 0 aliphatic carbocycles. The molecule has 0 aromatic heterocycles. The molecule has 0 aliphatic heterocycles. The average molecular weight is 230 g/mol. The number of benzene rings is 1. The van der Waals surface area contributed by atoms with Gasteiger partial charge in [0.05, 0.1) is 0 Å². The summed E-state index contributed by atoms with van der Waals surface area (Å²) in [6.07, 6.45) is 2.74. The molecule has 0 aliphatic rings. The van der Waals surface area contributed by atoms with Gasteiger partial charge in [-0.2, -0.15) is 0 Å². The predicted octanol–water partition coefficient (Wildman–Crippen LogP) is 3.41. The Labute approximate surface area is 95.6 Å². The maximum atomic E-state index is 13.3. The van der Waals surface area contributed by atoms with Gasteiger partial charge in [-0.1, -0.05) is 24.6 Å². The summed E-state index contributed by atoms with van der Waals surface area (Å²) in [4.78, 5) is 0. The molecule has 0 heterocycles. The zero-order valence-electron chi connectivity index (χ0n) is 9.02. The second-order valence-electron chi connectivity index (χ2n) is 3.51. The molecule has 1 N–H and O–H groups in total. The summed E-state index contributed by atoms with van der Waals surface area (Å²) in [5, 5.41) is 3.78. The SMILES string of the molecule is CCNCCCCc1c(F)cccc1Cl. The highest BCUT2D eigenvalue weighted by atomic mass is 35.5. The van der Waals surface area contributed by atoms with Gasteiger partial charge < -0.3 is 5.32 Å². The van der Waals surface area contributed by atoms with Crippen LogP contribution in [-0.4, -0.2) is 13.1 Å². The third-order valence-corrected chi connectivity index (χ3v) is 2.70. The molecule has 1 aromatic rings. The van der Waals surface area contributed by atoms with Crippen LogP contribution in [0.25, 0.3) is 0 Å². The Balaban J connectivity index is 2.37. The second-order valence-corrected chi connectivity index (χ2v) is 3.92. The Morgan fingerprint density at radius 3 is 2.80 bits per heavy atom. The molecule has 0 spiro atoms. The van der Waals surface area contributed by atoms with E-state index in [2.05, 4.69) is 12.2 Å². The standard InChI is InChI=1S/C12H17ClFN/c1-2-15-9-4-3-6-10-11(13)7-5-8-12(10)14/h5,7-8,15H,2-4,6,9H2,1H3. The fraction of sp³-hybridized carbons (Fsp3) is 0.500. The van der Waals surface area contributed by atoms with Crippen LogP contribution >= 0.6 is 11.6 Å². The smallest absolute Gasteiger partial charge is 0.127 e. The fourth-order valence-corrected chi connectivity index (χ4v) is 1.76. The first-order chi connectivity index (χ1) is 7.25. The lowest BCUT2D eigenvalue weighted by Gasteiger charge is -2.05. The Morgan fingerprint density at radius 1 is 1.33 bits per heavy atom. The maximum absolute atomic E-state index is 13.3. The van der Waals surface area contributed by atoms with Crippen molar-refractivity contribution in [3.05, 3.63) is 34.6 Å².